The summed E-state index contributed by atoms with van der Waals surface area (Å²) >= 11 is 0. The van der Waals surface area contributed by atoms with Gasteiger partial charge in [0.15, 0.2) is 11.5 Å². The van der Waals surface area contributed by atoms with Crippen LogP contribution in [0.2, 0.25) is 0 Å². The number of hydrogen-bond donors (Lipinski definition) is 0. The SMILES string of the molecule is COc1cccc(CN2CCC[C@@]3(CCN(Cc4cccnc4)C3)C2)c1OC. The Morgan fingerprint density at radius 3 is 2.57 bits per heavy atom. The largest absolute Gasteiger partial charge is 0.493 e. The molecule has 0 aliphatic carbocycles. The first-order valence-corrected chi connectivity index (χ1v) is 10.2. The van der Waals surface area contributed by atoms with Crippen LogP contribution in [0.5, 0.6) is 11.5 Å². The van der Waals surface area contributed by atoms with E-state index in [9.17, 15) is 0 Å². The molecule has 1 aromatic carbocycles. The number of rotatable bonds is 6. The zero-order valence-electron chi connectivity index (χ0n) is 17.1. The summed E-state index contributed by atoms with van der Waals surface area (Å²) in [5.41, 5.74) is 2.95. The quantitative estimate of drug-likeness (QED) is 0.765. The fourth-order valence-corrected chi connectivity index (χ4v) is 5.01. The highest BCUT2D eigenvalue weighted by Crippen LogP contribution is 2.40. The van der Waals surface area contributed by atoms with Gasteiger partial charge in [-0.2, -0.15) is 0 Å². The average molecular weight is 382 g/mol. The van der Waals surface area contributed by atoms with Gasteiger partial charge < -0.3 is 9.47 Å². The van der Waals surface area contributed by atoms with E-state index >= 15 is 0 Å². The number of aromatic nitrogens is 1. The lowest BCUT2D eigenvalue weighted by atomic mass is 9.79. The van der Waals surface area contributed by atoms with E-state index in [0.717, 1.165) is 37.7 Å². The number of likely N-dealkylation sites (tertiary alicyclic amines) is 2. The topological polar surface area (TPSA) is 37.8 Å². The summed E-state index contributed by atoms with van der Waals surface area (Å²) in [5, 5.41) is 0. The predicted octanol–water partition coefficient (Wildman–Crippen LogP) is 3.59. The molecule has 1 spiro atoms. The summed E-state index contributed by atoms with van der Waals surface area (Å²) < 4.78 is 11.1. The molecule has 1 aromatic heterocycles. The van der Waals surface area contributed by atoms with Gasteiger partial charge in [-0.15, -0.1) is 0 Å². The van der Waals surface area contributed by atoms with Gasteiger partial charge in [-0.25, -0.2) is 0 Å². The maximum Gasteiger partial charge on any atom is 0.165 e. The Kier molecular flexibility index (Phi) is 5.83. The molecule has 0 N–H and O–H groups in total. The highest BCUT2D eigenvalue weighted by atomic mass is 16.5. The molecule has 5 nitrogen and oxygen atoms in total. The van der Waals surface area contributed by atoms with Gasteiger partial charge in [0.2, 0.25) is 0 Å². The minimum atomic E-state index is 0.423. The molecule has 2 saturated heterocycles. The van der Waals surface area contributed by atoms with Crippen LogP contribution in [0.3, 0.4) is 0 Å². The number of hydrogen-bond acceptors (Lipinski definition) is 5. The van der Waals surface area contributed by atoms with Gasteiger partial charge >= 0.3 is 0 Å². The summed E-state index contributed by atoms with van der Waals surface area (Å²) in [6.07, 6.45) is 7.74. The van der Waals surface area contributed by atoms with Crippen LogP contribution in [0.4, 0.5) is 0 Å². The molecule has 0 saturated carbocycles. The molecule has 1 atom stereocenters. The van der Waals surface area contributed by atoms with Crippen LogP contribution in [0.25, 0.3) is 0 Å². The van der Waals surface area contributed by atoms with Gasteiger partial charge in [-0.1, -0.05) is 18.2 Å². The van der Waals surface area contributed by atoms with E-state index in [1.165, 1.54) is 43.5 Å². The van der Waals surface area contributed by atoms with Crippen LogP contribution in [0, 0.1) is 5.41 Å². The Bertz CT molecular complexity index is 783. The lowest BCUT2D eigenvalue weighted by molar-refractivity contribution is 0.0859. The van der Waals surface area contributed by atoms with Crippen molar-refractivity contribution in [1.82, 2.24) is 14.8 Å². The summed E-state index contributed by atoms with van der Waals surface area (Å²) in [5.74, 6) is 1.68. The van der Waals surface area contributed by atoms with Crippen molar-refractivity contribution in [2.75, 3.05) is 40.4 Å². The van der Waals surface area contributed by atoms with Crippen LogP contribution in [0.1, 0.15) is 30.4 Å². The summed E-state index contributed by atoms with van der Waals surface area (Å²) in [7, 11) is 3.43. The third-order valence-corrected chi connectivity index (χ3v) is 6.27. The highest BCUT2D eigenvalue weighted by Gasteiger charge is 2.41. The van der Waals surface area contributed by atoms with Crippen molar-refractivity contribution in [2.24, 2.45) is 5.41 Å². The number of pyridine rings is 1. The molecule has 0 amide bonds. The van der Waals surface area contributed by atoms with E-state index in [1.807, 2.05) is 24.5 Å². The Hall–Kier alpha value is -2.11. The third-order valence-electron chi connectivity index (χ3n) is 6.27. The molecule has 3 heterocycles. The maximum atomic E-state index is 5.64. The number of nitrogens with zero attached hydrogens (tertiary/aromatic N) is 3. The first kappa shape index (κ1) is 19.2. The van der Waals surface area contributed by atoms with Gasteiger partial charge in [0.05, 0.1) is 14.2 Å². The lowest BCUT2D eigenvalue weighted by Crippen LogP contribution is -2.44. The van der Waals surface area contributed by atoms with Crippen molar-refractivity contribution in [3.8, 4) is 11.5 Å². The van der Waals surface area contributed by atoms with Crippen LogP contribution in [-0.4, -0.2) is 55.2 Å². The van der Waals surface area contributed by atoms with Crippen molar-refractivity contribution in [1.29, 1.82) is 0 Å². The van der Waals surface area contributed by atoms with Crippen LogP contribution in [0.15, 0.2) is 42.7 Å². The van der Waals surface area contributed by atoms with Crippen molar-refractivity contribution < 1.29 is 9.47 Å². The fourth-order valence-electron chi connectivity index (χ4n) is 5.01. The monoisotopic (exact) mass is 381 g/mol. The average Bonchev–Trinajstić information content (AvgIpc) is 3.10. The number of ether oxygens (including phenoxy) is 2. The smallest absolute Gasteiger partial charge is 0.165 e. The Balaban J connectivity index is 1.41. The third kappa shape index (κ3) is 4.15. The number of benzene rings is 1. The Labute approximate surface area is 168 Å². The molecule has 5 heteroatoms. The Morgan fingerprint density at radius 1 is 0.964 bits per heavy atom. The van der Waals surface area contributed by atoms with E-state index < -0.39 is 0 Å². The second-order valence-corrected chi connectivity index (χ2v) is 8.29. The Morgan fingerprint density at radius 2 is 1.82 bits per heavy atom. The normalized spacial score (nSPS) is 23.2. The minimum absolute atomic E-state index is 0.423. The zero-order valence-corrected chi connectivity index (χ0v) is 17.1. The molecule has 0 radical (unpaired) electrons. The van der Waals surface area contributed by atoms with E-state index in [1.54, 1.807) is 14.2 Å². The molecule has 2 aromatic rings. The van der Waals surface area contributed by atoms with Gasteiger partial charge in [-0.3, -0.25) is 14.8 Å². The number of para-hydroxylation sites is 1. The van der Waals surface area contributed by atoms with E-state index in [-0.39, 0.29) is 0 Å². The number of methoxy groups -OCH3 is 2. The van der Waals surface area contributed by atoms with E-state index in [0.29, 0.717) is 5.41 Å². The molecular formula is C23H31N3O2. The zero-order chi connectivity index (χ0) is 19.4. The minimum Gasteiger partial charge on any atom is -0.493 e. The van der Waals surface area contributed by atoms with Crippen molar-refractivity contribution in [3.05, 3.63) is 53.9 Å². The standard InChI is InChI=1S/C23H31N3O2/c1-27-21-8-3-7-20(22(21)28-2)16-25-12-5-9-23(17-25)10-13-26(18-23)15-19-6-4-11-24-14-19/h3-4,6-8,11,14H,5,9-10,12-13,15-18H2,1-2H3/t23-/m1/s1. The van der Waals surface area contributed by atoms with Crippen molar-refractivity contribution in [3.63, 3.8) is 0 Å². The van der Waals surface area contributed by atoms with Crippen molar-refractivity contribution >= 4 is 0 Å². The molecule has 150 valence electrons. The van der Waals surface area contributed by atoms with Crippen LogP contribution in [-0.2, 0) is 13.1 Å². The van der Waals surface area contributed by atoms with E-state index in [2.05, 4.69) is 33.0 Å². The molecule has 0 unspecified atom stereocenters. The van der Waals surface area contributed by atoms with E-state index in [4.69, 9.17) is 9.47 Å². The molecule has 4 rings (SSSR count). The molecule has 2 fully saturated rings. The molecular weight excluding hydrogens is 350 g/mol. The van der Waals surface area contributed by atoms with Crippen molar-refractivity contribution in [2.45, 2.75) is 32.4 Å². The summed E-state index contributed by atoms with van der Waals surface area (Å²) in [6.45, 7) is 6.63. The fraction of sp³-hybridized carbons (Fsp3) is 0.522. The summed E-state index contributed by atoms with van der Waals surface area (Å²) in [4.78, 5) is 9.47. The first-order valence-electron chi connectivity index (χ1n) is 10.2. The first-order chi connectivity index (χ1) is 13.7. The van der Waals surface area contributed by atoms with Gasteiger partial charge in [0.25, 0.3) is 0 Å². The molecule has 28 heavy (non-hydrogen) atoms. The summed E-state index contributed by atoms with van der Waals surface area (Å²) in [6, 6.07) is 10.4. The molecule has 2 aliphatic rings. The van der Waals surface area contributed by atoms with Gasteiger partial charge in [0.1, 0.15) is 0 Å². The van der Waals surface area contributed by atoms with Gasteiger partial charge in [0, 0.05) is 44.1 Å². The van der Waals surface area contributed by atoms with Crippen LogP contribution < -0.4 is 9.47 Å². The van der Waals surface area contributed by atoms with Gasteiger partial charge in [-0.05, 0) is 55.5 Å². The maximum absolute atomic E-state index is 5.64. The van der Waals surface area contributed by atoms with Crippen LogP contribution >= 0.6 is 0 Å². The lowest BCUT2D eigenvalue weighted by Gasteiger charge is -2.40. The predicted molar refractivity (Wildman–Crippen MR) is 111 cm³/mol. The number of piperidine rings is 1. The highest BCUT2D eigenvalue weighted by molar-refractivity contribution is 5.46. The molecule has 2 aliphatic heterocycles. The second kappa shape index (κ2) is 8.50. The molecule has 0 bridgehead atoms. The second-order valence-electron chi connectivity index (χ2n) is 8.29.